The van der Waals surface area contributed by atoms with E-state index < -0.39 is 0 Å². The van der Waals surface area contributed by atoms with Crippen LogP contribution in [0.1, 0.15) is 5.82 Å². The van der Waals surface area contributed by atoms with E-state index in [4.69, 9.17) is 11.6 Å². The van der Waals surface area contributed by atoms with Gasteiger partial charge in [-0.15, -0.1) is 10.2 Å². The first-order valence-corrected chi connectivity index (χ1v) is 7.42. The lowest BCUT2D eigenvalue weighted by molar-refractivity contribution is 0.312. The highest BCUT2D eigenvalue weighted by Gasteiger charge is 2.20. The Balaban J connectivity index is 1.98. The number of anilines is 1. The summed E-state index contributed by atoms with van der Waals surface area (Å²) in [6.45, 7) is 5.84. The molecule has 0 spiro atoms. The number of nitrogens with zero attached hydrogens (tertiary/aromatic N) is 5. The molecule has 0 bridgehead atoms. The van der Waals surface area contributed by atoms with Crippen LogP contribution in [0.5, 0.6) is 0 Å². The molecule has 3 rings (SSSR count). The second-order valence-electron chi connectivity index (χ2n) is 5.33. The summed E-state index contributed by atoms with van der Waals surface area (Å²) in [6.07, 6.45) is 0. The van der Waals surface area contributed by atoms with Gasteiger partial charge in [-0.25, -0.2) is 4.98 Å². The minimum absolute atomic E-state index is 0.696. The highest BCUT2D eigenvalue weighted by Crippen LogP contribution is 2.28. The molecule has 0 aliphatic carbocycles. The van der Waals surface area contributed by atoms with E-state index in [1.165, 1.54) is 0 Å². The van der Waals surface area contributed by atoms with Crippen LogP contribution >= 0.6 is 11.6 Å². The van der Waals surface area contributed by atoms with Crippen LogP contribution in [0, 0.1) is 6.92 Å². The van der Waals surface area contributed by atoms with Gasteiger partial charge in [0.25, 0.3) is 0 Å². The summed E-state index contributed by atoms with van der Waals surface area (Å²) < 4.78 is 0. The van der Waals surface area contributed by atoms with Crippen molar-refractivity contribution in [2.24, 2.45) is 0 Å². The molecule has 110 valence electrons. The summed E-state index contributed by atoms with van der Waals surface area (Å²) >= 11 is 5.96. The van der Waals surface area contributed by atoms with E-state index in [2.05, 4.69) is 32.0 Å². The molecule has 0 saturated carbocycles. The average molecular weight is 304 g/mol. The quantitative estimate of drug-likeness (QED) is 0.851. The first kappa shape index (κ1) is 14.2. The van der Waals surface area contributed by atoms with Crippen LogP contribution < -0.4 is 4.90 Å². The van der Waals surface area contributed by atoms with Crippen molar-refractivity contribution in [1.29, 1.82) is 0 Å². The Kier molecular flexibility index (Phi) is 4.03. The zero-order chi connectivity index (χ0) is 14.8. The molecule has 1 aromatic carbocycles. The molecule has 2 heterocycles. The van der Waals surface area contributed by atoms with E-state index in [0.717, 1.165) is 43.3 Å². The number of rotatable bonds is 2. The van der Waals surface area contributed by atoms with Gasteiger partial charge in [0, 0.05) is 36.8 Å². The Morgan fingerprint density at radius 1 is 1.00 bits per heavy atom. The molecule has 21 heavy (non-hydrogen) atoms. The number of piperazine rings is 1. The van der Waals surface area contributed by atoms with E-state index in [1.54, 1.807) is 0 Å². The molecular weight excluding hydrogens is 286 g/mol. The maximum Gasteiger partial charge on any atom is 0.159 e. The van der Waals surface area contributed by atoms with E-state index >= 15 is 0 Å². The van der Waals surface area contributed by atoms with Gasteiger partial charge >= 0.3 is 0 Å². The normalized spacial score (nSPS) is 16.2. The third-order valence-electron chi connectivity index (χ3n) is 3.69. The molecule has 1 aromatic heterocycles. The van der Waals surface area contributed by atoms with Crippen LogP contribution in [-0.4, -0.2) is 53.3 Å². The van der Waals surface area contributed by atoms with Crippen molar-refractivity contribution < 1.29 is 0 Å². The fraction of sp³-hybridized carbons (Fsp3) is 0.400. The minimum Gasteiger partial charge on any atom is -0.352 e. The predicted molar refractivity (Wildman–Crippen MR) is 84.7 cm³/mol. The lowest BCUT2D eigenvalue weighted by Gasteiger charge is -2.33. The van der Waals surface area contributed by atoms with Crippen LogP contribution in [0.4, 0.5) is 5.82 Å². The number of hydrogen-bond acceptors (Lipinski definition) is 5. The van der Waals surface area contributed by atoms with E-state index in [-0.39, 0.29) is 0 Å². The second-order valence-corrected chi connectivity index (χ2v) is 5.76. The lowest BCUT2D eigenvalue weighted by Crippen LogP contribution is -2.45. The Labute approximate surface area is 129 Å². The first-order valence-electron chi connectivity index (χ1n) is 7.04. The molecule has 0 amide bonds. The lowest BCUT2D eigenvalue weighted by atomic mass is 10.1. The van der Waals surface area contributed by atoms with Gasteiger partial charge in [-0.1, -0.05) is 23.7 Å². The predicted octanol–water partition coefficient (Wildman–Crippen LogP) is 2.25. The number of aryl methyl sites for hydroxylation is 1. The number of halogens is 1. The summed E-state index contributed by atoms with van der Waals surface area (Å²) in [5.41, 5.74) is 1.81. The zero-order valence-electron chi connectivity index (χ0n) is 12.3. The average Bonchev–Trinajstić information content (AvgIpc) is 2.49. The summed E-state index contributed by atoms with van der Waals surface area (Å²) in [5.74, 6) is 1.61. The molecule has 2 aromatic rings. The van der Waals surface area contributed by atoms with Gasteiger partial charge in [0.05, 0.1) is 0 Å². The standard InChI is InChI=1S/C15H18ClN5/c1-11-17-15(21-9-7-20(2)8-10-21)14(19-18-11)12-3-5-13(16)6-4-12/h3-6H,7-10H2,1-2H3. The Bertz CT molecular complexity index is 620. The largest absolute Gasteiger partial charge is 0.352 e. The van der Waals surface area contributed by atoms with Gasteiger partial charge in [0.2, 0.25) is 0 Å². The highest BCUT2D eigenvalue weighted by atomic mass is 35.5. The van der Waals surface area contributed by atoms with Gasteiger partial charge in [-0.2, -0.15) is 0 Å². The van der Waals surface area contributed by atoms with Crippen molar-refractivity contribution in [2.75, 3.05) is 38.1 Å². The molecular formula is C15H18ClN5. The molecule has 1 fully saturated rings. The topological polar surface area (TPSA) is 45.2 Å². The van der Waals surface area contributed by atoms with Crippen LogP contribution in [0.15, 0.2) is 24.3 Å². The molecule has 6 heteroatoms. The third-order valence-corrected chi connectivity index (χ3v) is 3.95. The molecule has 1 aliphatic rings. The fourth-order valence-corrected chi connectivity index (χ4v) is 2.55. The molecule has 0 N–H and O–H groups in total. The maximum absolute atomic E-state index is 5.96. The molecule has 1 saturated heterocycles. The fourth-order valence-electron chi connectivity index (χ4n) is 2.43. The second kappa shape index (κ2) is 5.95. The van der Waals surface area contributed by atoms with Gasteiger partial charge in [0.15, 0.2) is 5.82 Å². The van der Waals surface area contributed by atoms with Crippen molar-refractivity contribution in [2.45, 2.75) is 6.92 Å². The van der Waals surface area contributed by atoms with E-state index in [9.17, 15) is 0 Å². The van der Waals surface area contributed by atoms with Crippen LogP contribution in [0.25, 0.3) is 11.3 Å². The van der Waals surface area contributed by atoms with E-state index in [1.807, 2.05) is 31.2 Å². The van der Waals surface area contributed by atoms with Crippen molar-refractivity contribution in [1.82, 2.24) is 20.1 Å². The number of benzene rings is 1. The Morgan fingerprint density at radius 3 is 2.33 bits per heavy atom. The first-order chi connectivity index (χ1) is 10.1. The minimum atomic E-state index is 0.696. The summed E-state index contributed by atoms with van der Waals surface area (Å²) in [7, 11) is 2.14. The molecule has 0 radical (unpaired) electrons. The monoisotopic (exact) mass is 303 g/mol. The number of likely N-dealkylation sites (N-methyl/N-ethyl adjacent to an activating group) is 1. The van der Waals surface area contributed by atoms with Gasteiger partial charge in [-0.05, 0) is 26.1 Å². The van der Waals surface area contributed by atoms with Crippen molar-refractivity contribution in [3.63, 3.8) is 0 Å². The van der Waals surface area contributed by atoms with Crippen LogP contribution in [-0.2, 0) is 0 Å². The summed E-state index contributed by atoms with van der Waals surface area (Å²) in [4.78, 5) is 9.22. The Morgan fingerprint density at radius 2 is 1.67 bits per heavy atom. The summed E-state index contributed by atoms with van der Waals surface area (Å²) in [5, 5.41) is 9.19. The number of aromatic nitrogens is 3. The van der Waals surface area contributed by atoms with Gasteiger partial charge in [0.1, 0.15) is 11.5 Å². The van der Waals surface area contributed by atoms with Crippen LogP contribution in [0.2, 0.25) is 5.02 Å². The highest BCUT2D eigenvalue weighted by molar-refractivity contribution is 6.30. The molecule has 0 atom stereocenters. The van der Waals surface area contributed by atoms with Crippen molar-refractivity contribution in [3.8, 4) is 11.3 Å². The van der Waals surface area contributed by atoms with Gasteiger partial charge in [-0.3, -0.25) is 0 Å². The van der Waals surface area contributed by atoms with Crippen molar-refractivity contribution in [3.05, 3.63) is 35.1 Å². The van der Waals surface area contributed by atoms with Gasteiger partial charge < -0.3 is 9.80 Å². The SMILES string of the molecule is Cc1nnc(-c2ccc(Cl)cc2)c(N2CCN(C)CC2)n1. The Hall–Kier alpha value is -1.72. The van der Waals surface area contributed by atoms with Crippen LogP contribution in [0.3, 0.4) is 0 Å². The smallest absolute Gasteiger partial charge is 0.159 e. The van der Waals surface area contributed by atoms with Crippen molar-refractivity contribution >= 4 is 17.4 Å². The third kappa shape index (κ3) is 3.14. The molecule has 5 nitrogen and oxygen atoms in total. The molecule has 1 aliphatic heterocycles. The maximum atomic E-state index is 5.96. The zero-order valence-corrected chi connectivity index (χ0v) is 13.0. The van der Waals surface area contributed by atoms with E-state index in [0.29, 0.717) is 10.8 Å². The number of hydrogen-bond donors (Lipinski definition) is 0. The molecule has 0 unspecified atom stereocenters. The summed E-state index contributed by atoms with van der Waals surface area (Å²) in [6, 6.07) is 7.66.